The molecule has 0 radical (unpaired) electrons. The molecule has 0 heterocycles. The van der Waals surface area contributed by atoms with Gasteiger partial charge in [0.25, 0.3) is 6.29 Å². The van der Waals surface area contributed by atoms with Crippen LogP contribution in [0.25, 0.3) is 0 Å². The number of unbranched alkanes of at least 4 members (excludes halogenated alkanes) is 39. The number of rotatable bonds is 62. The number of quaternary nitrogens is 1. The van der Waals surface area contributed by atoms with Crippen molar-refractivity contribution in [2.45, 2.75) is 328 Å². The van der Waals surface area contributed by atoms with Crippen molar-refractivity contribution in [3.05, 3.63) is 48.6 Å². The normalized spacial score (nSPS) is 13.0. The van der Waals surface area contributed by atoms with Crippen LogP contribution in [0.2, 0.25) is 0 Å². The Kier molecular flexibility index (Phi) is 58.2. The number of esters is 2. The van der Waals surface area contributed by atoms with Crippen molar-refractivity contribution in [3.8, 4) is 0 Å². The molecule has 0 spiro atoms. The molecule has 0 aromatic rings. The number of hydrogen-bond acceptors (Lipinski definition) is 7. The number of hydrogen-bond donors (Lipinski definition) is 1. The number of carbonyl (C=O) groups is 3. The van der Waals surface area contributed by atoms with Crippen molar-refractivity contribution < 1.29 is 42.9 Å². The van der Waals surface area contributed by atoms with Gasteiger partial charge in [-0.2, -0.15) is 0 Å². The Morgan fingerprint density at radius 2 is 0.692 bits per heavy atom. The maximum Gasteiger partial charge on any atom is 0.361 e. The van der Waals surface area contributed by atoms with E-state index >= 15 is 0 Å². The molecule has 0 aromatic carbocycles. The van der Waals surface area contributed by atoms with Crippen LogP contribution in [0, 0.1) is 0 Å². The predicted molar refractivity (Wildman–Crippen MR) is 332 cm³/mol. The molecular formula is C69H128NO8+. The minimum absolute atomic E-state index is 0.186. The minimum atomic E-state index is -1.51. The molecule has 0 aliphatic rings. The third kappa shape index (κ3) is 60.9. The van der Waals surface area contributed by atoms with Crippen LogP contribution in [0.15, 0.2) is 48.6 Å². The fourth-order valence-electron chi connectivity index (χ4n) is 9.67. The summed E-state index contributed by atoms with van der Waals surface area (Å²) in [5.74, 6) is -2.01. The highest BCUT2D eigenvalue weighted by atomic mass is 16.7. The molecule has 0 bridgehead atoms. The van der Waals surface area contributed by atoms with E-state index in [1.54, 1.807) is 0 Å². The molecule has 0 aromatic heterocycles. The van der Waals surface area contributed by atoms with Gasteiger partial charge in [-0.3, -0.25) is 9.59 Å². The second kappa shape index (κ2) is 60.3. The van der Waals surface area contributed by atoms with Gasteiger partial charge in [-0.15, -0.1) is 0 Å². The topological polar surface area (TPSA) is 108 Å². The van der Waals surface area contributed by atoms with Gasteiger partial charge in [-0.25, -0.2) is 4.79 Å². The van der Waals surface area contributed by atoms with Crippen molar-refractivity contribution >= 4 is 17.9 Å². The predicted octanol–water partition coefficient (Wildman–Crippen LogP) is 20.2. The first-order chi connectivity index (χ1) is 38.1. The largest absolute Gasteiger partial charge is 0.477 e. The van der Waals surface area contributed by atoms with Crippen LogP contribution in [0.3, 0.4) is 0 Å². The molecular weight excluding hydrogens is 971 g/mol. The van der Waals surface area contributed by atoms with Gasteiger partial charge in [-0.1, -0.05) is 274 Å². The fraction of sp³-hybridized carbons (Fsp3) is 0.841. The molecule has 78 heavy (non-hydrogen) atoms. The number of aliphatic carboxylic acids is 1. The molecule has 2 atom stereocenters. The SMILES string of the molecule is CCCCCC/C=C\C/C=C\CCCCCCCC(=O)OCC(COC(OCC[N+](C)(C)C)C(=O)O)OC(=O)CCCCCCCCCCCCCCCCCCCCCCCCCCC/C=C\C/C=C\CCCCCCC. The number of allylic oxidation sites excluding steroid dienone is 8. The van der Waals surface area contributed by atoms with E-state index in [-0.39, 0.29) is 38.6 Å². The molecule has 0 saturated heterocycles. The van der Waals surface area contributed by atoms with Crippen LogP contribution >= 0.6 is 0 Å². The number of carbonyl (C=O) groups excluding carboxylic acids is 2. The van der Waals surface area contributed by atoms with Gasteiger partial charge in [0.05, 0.1) is 34.4 Å². The summed E-state index contributed by atoms with van der Waals surface area (Å²) in [4.78, 5) is 37.5. The zero-order valence-corrected chi connectivity index (χ0v) is 52.1. The zero-order chi connectivity index (χ0) is 56.9. The molecule has 2 unspecified atom stereocenters. The van der Waals surface area contributed by atoms with Gasteiger partial charge in [0.1, 0.15) is 13.2 Å². The molecule has 456 valence electrons. The van der Waals surface area contributed by atoms with Crippen molar-refractivity contribution in [1.82, 2.24) is 0 Å². The summed E-state index contributed by atoms with van der Waals surface area (Å²) >= 11 is 0. The van der Waals surface area contributed by atoms with Gasteiger partial charge < -0.3 is 28.5 Å². The third-order valence-electron chi connectivity index (χ3n) is 14.8. The lowest BCUT2D eigenvalue weighted by atomic mass is 10.0. The lowest BCUT2D eigenvalue weighted by Crippen LogP contribution is -2.40. The first-order valence-electron chi connectivity index (χ1n) is 33.3. The molecule has 9 heteroatoms. The van der Waals surface area contributed by atoms with Crippen LogP contribution in [-0.2, 0) is 33.3 Å². The molecule has 0 amide bonds. The van der Waals surface area contributed by atoms with Crippen LogP contribution in [-0.4, -0.2) is 87.4 Å². The van der Waals surface area contributed by atoms with E-state index < -0.39 is 24.3 Å². The molecule has 0 rings (SSSR count). The van der Waals surface area contributed by atoms with E-state index in [9.17, 15) is 19.5 Å². The Morgan fingerprint density at radius 3 is 1.03 bits per heavy atom. The zero-order valence-electron chi connectivity index (χ0n) is 52.1. The van der Waals surface area contributed by atoms with Crippen LogP contribution < -0.4 is 0 Å². The fourth-order valence-corrected chi connectivity index (χ4v) is 9.67. The Balaban J connectivity index is 3.99. The lowest BCUT2D eigenvalue weighted by molar-refractivity contribution is -0.870. The number of nitrogens with zero attached hydrogens (tertiary/aromatic N) is 1. The molecule has 0 aliphatic heterocycles. The highest BCUT2D eigenvalue weighted by Gasteiger charge is 2.25. The number of likely N-dealkylation sites (N-methyl/N-ethyl adjacent to an activating group) is 1. The second-order valence-corrected chi connectivity index (χ2v) is 23.8. The second-order valence-electron chi connectivity index (χ2n) is 23.8. The van der Waals surface area contributed by atoms with Crippen molar-refractivity contribution in [1.29, 1.82) is 0 Å². The molecule has 1 N–H and O–H groups in total. The summed E-state index contributed by atoms with van der Waals surface area (Å²) in [6.07, 6.45) is 73.8. The van der Waals surface area contributed by atoms with Crippen LogP contribution in [0.5, 0.6) is 0 Å². The van der Waals surface area contributed by atoms with Gasteiger partial charge in [0.2, 0.25) is 0 Å². The summed E-state index contributed by atoms with van der Waals surface area (Å²) in [5.41, 5.74) is 0. The van der Waals surface area contributed by atoms with Crippen LogP contribution in [0.4, 0.5) is 0 Å². The summed E-state index contributed by atoms with van der Waals surface area (Å²) < 4.78 is 22.9. The quantitative estimate of drug-likeness (QED) is 0.0211. The monoisotopic (exact) mass is 1100 g/mol. The third-order valence-corrected chi connectivity index (χ3v) is 14.8. The van der Waals surface area contributed by atoms with Crippen molar-refractivity contribution in [2.75, 3.05) is 47.5 Å². The average molecular weight is 1100 g/mol. The standard InChI is InChI=1S/C69H127NO8/c1-6-8-10-12-14-16-18-20-22-24-25-26-27-28-29-30-31-32-33-34-35-36-37-38-39-40-41-42-43-44-46-48-50-52-54-56-58-60-67(72)78-65(64-77-69(68(73)74)75-62-61-70(3,4)5)63-76-66(71)59-57-55-53-51-49-47-45-23-21-19-17-15-13-11-9-7-2/h17-20,23-25,45,65,69H,6-16,21-22,26-44,46-64H2,1-5H3/p+1/b19-17-,20-18-,25-24-,45-23-. The summed E-state index contributed by atoms with van der Waals surface area (Å²) in [6.45, 7) is 4.87. The van der Waals surface area contributed by atoms with E-state index in [0.29, 0.717) is 11.0 Å². The highest BCUT2D eigenvalue weighted by molar-refractivity contribution is 5.71. The molecule has 0 fully saturated rings. The summed E-state index contributed by atoms with van der Waals surface area (Å²) in [5, 5.41) is 9.71. The minimum Gasteiger partial charge on any atom is -0.477 e. The lowest BCUT2D eigenvalue weighted by Gasteiger charge is -2.25. The van der Waals surface area contributed by atoms with Gasteiger partial charge in [0, 0.05) is 12.8 Å². The Bertz CT molecular complexity index is 1420. The van der Waals surface area contributed by atoms with Crippen molar-refractivity contribution in [3.63, 3.8) is 0 Å². The average Bonchev–Trinajstić information content (AvgIpc) is 3.41. The highest BCUT2D eigenvalue weighted by Crippen LogP contribution is 2.18. The molecule has 0 saturated carbocycles. The van der Waals surface area contributed by atoms with E-state index in [0.717, 1.165) is 70.6 Å². The van der Waals surface area contributed by atoms with Gasteiger partial charge >= 0.3 is 17.9 Å². The smallest absolute Gasteiger partial charge is 0.361 e. The van der Waals surface area contributed by atoms with E-state index in [1.165, 1.54) is 218 Å². The Labute approximate surface area is 482 Å². The van der Waals surface area contributed by atoms with E-state index in [2.05, 4.69) is 62.5 Å². The van der Waals surface area contributed by atoms with E-state index in [4.69, 9.17) is 18.9 Å². The molecule has 0 aliphatic carbocycles. The Hall–Kier alpha value is -2.75. The first kappa shape index (κ1) is 75.2. The maximum atomic E-state index is 12.9. The van der Waals surface area contributed by atoms with E-state index in [1.807, 2.05) is 21.1 Å². The number of ether oxygens (including phenoxy) is 4. The number of carboxylic acids is 1. The summed E-state index contributed by atoms with van der Waals surface area (Å²) in [6, 6.07) is 0. The van der Waals surface area contributed by atoms with Crippen molar-refractivity contribution in [2.24, 2.45) is 0 Å². The first-order valence-corrected chi connectivity index (χ1v) is 33.3. The maximum absolute atomic E-state index is 12.9. The van der Waals surface area contributed by atoms with Gasteiger partial charge in [0.15, 0.2) is 6.10 Å². The van der Waals surface area contributed by atoms with Gasteiger partial charge in [-0.05, 0) is 77.0 Å². The summed E-state index contributed by atoms with van der Waals surface area (Å²) in [7, 11) is 5.97. The number of carboxylic acid groups (broad SMARTS) is 1. The van der Waals surface area contributed by atoms with Crippen LogP contribution in [0.1, 0.15) is 316 Å². The Morgan fingerprint density at radius 1 is 0.385 bits per heavy atom. The molecule has 9 nitrogen and oxygen atoms in total.